The van der Waals surface area contributed by atoms with Crippen LogP contribution >= 0.6 is 0 Å². The van der Waals surface area contributed by atoms with E-state index in [1.165, 1.54) is 0 Å². The van der Waals surface area contributed by atoms with Gasteiger partial charge in [0.15, 0.2) is 0 Å². The number of nitrogens with zero attached hydrogens (tertiary/aromatic N) is 3. The second kappa shape index (κ2) is 11.7. The van der Waals surface area contributed by atoms with E-state index in [4.69, 9.17) is 9.72 Å². The van der Waals surface area contributed by atoms with Gasteiger partial charge in [-0.05, 0) is 41.8 Å². The van der Waals surface area contributed by atoms with Gasteiger partial charge in [-0.25, -0.2) is 9.78 Å². The molecule has 0 spiro atoms. The molecule has 5 rings (SSSR count). The maximum Gasteiger partial charge on any atom is 0.335 e. The van der Waals surface area contributed by atoms with Crippen molar-refractivity contribution in [3.05, 3.63) is 119 Å². The summed E-state index contributed by atoms with van der Waals surface area (Å²) in [6.45, 7) is 3.19. The van der Waals surface area contributed by atoms with Gasteiger partial charge in [-0.2, -0.15) is 0 Å². The lowest BCUT2D eigenvalue weighted by molar-refractivity contribution is 0.0696. The molecular weight excluding hydrogens is 480 g/mol. The molecule has 0 saturated carbocycles. The number of fused-ring (bicyclic) bond motifs is 1. The summed E-state index contributed by atoms with van der Waals surface area (Å²) in [6, 6.07) is 26.6. The normalized spacial score (nSPS) is 15.0. The molecule has 0 aliphatic carbocycles. The number of imidazole rings is 1. The lowest BCUT2D eigenvalue weighted by atomic mass is 10.0. The molecule has 2 heterocycles. The third-order valence-electron chi connectivity index (χ3n) is 6.66. The van der Waals surface area contributed by atoms with Crippen molar-refractivity contribution in [1.29, 1.82) is 0 Å². The number of carbonyl (C=O) groups excluding carboxylic acids is 1. The average Bonchev–Trinajstić information content (AvgIpc) is 3.39. The van der Waals surface area contributed by atoms with Crippen molar-refractivity contribution in [1.82, 2.24) is 19.8 Å². The molecule has 1 unspecified atom stereocenters. The van der Waals surface area contributed by atoms with Crippen molar-refractivity contribution in [3.63, 3.8) is 0 Å². The van der Waals surface area contributed by atoms with E-state index in [2.05, 4.69) is 26.9 Å². The fraction of sp³-hybridized carbons (Fsp3) is 0.233. The molecule has 38 heavy (non-hydrogen) atoms. The van der Waals surface area contributed by atoms with E-state index in [9.17, 15) is 14.7 Å². The van der Waals surface area contributed by atoms with Crippen molar-refractivity contribution in [2.75, 3.05) is 26.2 Å². The Labute approximate surface area is 221 Å². The molecule has 8 nitrogen and oxygen atoms in total. The number of carboxylic acids is 1. The Morgan fingerprint density at radius 3 is 2.50 bits per heavy atom. The van der Waals surface area contributed by atoms with E-state index in [1.807, 2.05) is 60.8 Å². The molecule has 4 aromatic rings. The molecule has 1 aliphatic heterocycles. The number of nitrogens with one attached hydrogen (secondary N) is 1. The first kappa shape index (κ1) is 25.2. The van der Waals surface area contributed by atoms with Crippen LogP contribution < -0.4 is 10.1 Å². The monoisotopic (exact) mass is 510 g/mol. The molecule has 0 bridgehead atoms. The van der Waals surface area contributed by atoms with Crippen molar-refractivity contribution >= 4 is 11.9 Å². The molecule has 1 aromatic heterocycles. The number of carbonyl (C=O) groups is 2. The summed E-state index contributed by atoms with van der Waals surface area (Å²) in [5, 5.41) is 12.1. The molecule has 0 saturated heterocycles. The van der Waals surface area contributed by atoms with Crippen LogP contribution in [-0.4, -0.2) is 57.7 Å². The number of para-hydroxylation sites is 1. The van der Waals surface area contributed by atoms with Gasteiger partial charge in [0.2, 0.25) is 0 Å². The van der Waals surface area contributed by atoms with Crippen molar-refractivity contribution < 1.29 is 19.4 Å². The average molecular weight is 511 g/mol. The van der Waals surface area contributed by atoms with E-state index in [0.29, 0.717) is 25.3 Å². The molecule has 1 aliphatic rings. The number of ether oxygens (including phenoxy) is 1. The Bertz CT molecular complexity index is 1390. The first-order chi connectivity index (χ1) is 18.6. The van der Waals surface area contributed by atoms with Crippen LogP contribution in [0.2, 0.25) is 0 Å². The van der Waals surface area contributed by atoms with E-state index in [1.54, 1.807) is 18.2 Å². The topological polar surface area (TPSA) is 96.7 Å². The maximum atomic E-state index is 13.0. The molecular formula is C30H30N4O4. The van der Waals surface area contributed by atoms with Gasteiger partial charge >= 0.3 is 5.97 Å². The van der Waals surface area contributed by atoms with Crippen LogP contribution in [0.4, 0.5) is 0 Å². The SMILES string of the molecule is O=C(O)c1cccc(CCNC(=O)c2cn3c(n2)C(c2ccccc2)N(CCOc2ccccc2)CC3)c1. The zero-order valence-corrected chi connectivity index (χ0v) is 21.0. The van der Waals surface area contributed by atoms with Crippen LogP contribution in [0.25, 0.3) is 0 Å². The van der Waals surface area contributed by atoms with Crippen molar-refractivity contribution in [2.45, 2.75) is 19.0 Å². The highest BCUT2D eigenvalue weighted by molar-refractivity contribution is 5.92. The summed E-state index contributed by atoms with van der Waals surface area (Å²) >= 11 is 0. The van der Waals surface area contributed by atoms with Gasteiger partial charge < -0.3 is 19.7 Å². The quantitative estimate of drug-likeness (QED) is 0.334. The first-order valence-electron chi connectivity index (χ1n) is 12.7. The highest BCUT2D eigenvalue weighted by Gasteiger charge is 2.32. The minimum atomic E-state index is -0.965. The fourth-order valence-electron chi connectivity index (χ4n) is 4.77. The number of hydrogen-bond acceptors (Lipinski definition) is 5. The molecule has 3 aromatic carbocycles. The Kier molecular flexibility index (Phi) is 7.80. The third-order valence-corrected chi connectivity index (χ3v) is 6.66. The van der Waals surface area contributed by atoms with Crippen molar-refractivity contribution in [3.8, 4) is 5.75 Å². The van der Waals surface area contributed by atoms with E-state index < -0.39 is 5.97 Å². The van der Waals surface area contributed by atoms with Crippen LogP contribution in [0.5, 0.6) is 5.75 Å². The number of amides is 1. The third kappa shape index (κ3) is 5.92. The number of rotatable bonds is 10. The second-order valence-electron chi connectivity index (χ2n) is 9.20. The predicted molar refractivity (Wildman–Crippen MR) is 143 cm³/mol. The van der Waals surface area contributed by atoms with Gasteiger partial charge in [-0.3, -0.25) is 9.69 Å². The molecule has 1 amide bonds. The number of aromatic nitrogens is 2. The van der Waals surface area contributed by atoms with E-state index in [-0.39, 0.29) is 17.5 Å². The van der Waals surface area contributed by atoms with Crippen LogP contribution in [-0.2, 0) is 13.0 Å². The predicted octanol–water partition coefficient (Wildman–Crippen LogP) is 4.04. The summed E-state index contributed by atoms with van der Waals surface area (Å²) < 4.78 is 8.03. The zero-order chi connectivity index (χ0) is 26.3. The molecule has 194 valence electrons. The summed E-state index contributed by atoms with van der Waals surface area (Å²) in [4.78, 5) is 31.3. The fourth-order valence-corrected chi connectivity index (χ4v) is 4.77. The Balaban J connectivity index is 1.27. The van der Waals surface area contributed by atoms with Gasteiger partial charge in [0.1, 0.15) is 23.9 Å². The Morgan fingerprint density at radius 1 is 0.974 bits per heavy atom. The van der Waals surface area contributed by atoms with Gasteiger partial charge in [-0.1, -0.05) is 60.7 Å². The zero-order valence-electron chi connectivity index (χ0n) is 21.0. The first-order valence-corrected chi connectivity index (χ1v) is 12.7. The molecule has 2 N–H and O–H groups in total. The van der Waals surface area contributed by atoms with E-state index in [0.717, 1.165) is 42.3 Å². The second-order valence-corrected chi connectivity index (χ2v) is 9.20. The Hall–Kier alpha value is -4.43. The summed E-state index contributed by atoms with van der Waals surface area (Å²) in [5.74, 6) is 0.470. The van der Waals surface area contributed by atoms with E-state index >= 15 is 0 Å². The highest BCUT2D eigenvalue weighted by Crippen LogP contribution is 2.31. The number of carboxylic acid groups (broad SMARTS) is 1. The lowest BCUT2D eigenvalue weighted by Crippen LogP contribution is -2.41. The summed E-state index contributed by atoms with van der Waals surface area (Å²) in [5.41, 5.74) is 2.58. The van der Waals surface area contributed by atoms with Gasteiger partial charge in [0.05, 0.1) is 11.6 Å². The van der Waals surface area contributed by atoms with Crippen LogP contribution in [0.15, 0.2) is 91.1 Å². The minimum Gasteiger partial charge on any atom is -0.492 e. The van der Waals surface area contributed by atoms with Crippen LogP contribution in [0, 0.1) is 0 Å². The van der Waals surface area contributed by atoms with Crippen LogP contribution in [0.3, 0.4) is 0 Å². The lowest BCUT2D eigenvalue weighted by Gasteiger charge is -2.36. The molecule has 0 radical (unpaired) electrons. The van der Waals surface area contributed by atoms with Crippen LogP contribution in [0.1, 0.15) is 43.8 Å². The molecule has 1 atom stereocenters. The number of benzene rings is 3. The Morgan fingerprint density at radius 2 is 1.74 bits per heavy atom. The van der Waals surface area contributed by atoms with Gasteiger partial charge in [-0.15, -0.1) is 0 Å². The highest BCUT2D eigenvalue weighted by atomic mass is 16.5. The maximum absolute atomic E-state index is 13.0. The largest absolute Gasteiger partial charge is 0.492 e. The molecule has 8 heteroatoms. The molecule has 0 fully saturated rings. The van der Waals surface area contributed by atoms with Gasteiger partial charge in [0, 0.05) is 32.4 Å². The number of aromatic carboxylic acids is 1. The minimum absolute atomic E-state index is 0.0929. The summed E-state index contributed by atoms with van der Waals surface area (Å²) in [6.07, 6.45) is 2.35. The van der Waals surface area contributed by atoms with Gasteiger partial charge in [0.25, 0.3) is 5.91 Å². The van der Waals surface area contributed by atoms with Crippen molar-refractivity contribution in [2.24, 2.45) is 0 Å². The smallest absolute Gasteiger partial charge is 0.335 e. The number of hydrogen-bond donors (Lipinski definition) is 2. The standard InChI is InChI=1S/C30H30N4O4/c35-29(31-15-14-22-8-7-11-24(20-22)30(36)37)26-21-34-17-16-33(18-19-38-25-12-5-2-6-13-25)27(28(34)32-26)23-9-3-1-4-10-23/h1-13,20-21,27H,14-19H2,(H,31,35)(H,36,37). The summed E-state index contributed by atoms with van der Waals surface area (Å²) in [7, 11) is 0.